The molecule has 0 atom stereocenters. The van der Waals surface area contributed by atoms with E-state index in [1.54, 1.807) is 30.3 Å². The monoisotopic (exact) mass is 527 g/mol. The molecule has 2 N–H and O–H groups in total. The number of halogens is 4. The Labute approximate surface area is 214 Å². The molecule has 0 bridgehead atoms. The highest BCUT2D eigenvalue weighted by Gasteiger charge is 2.37. The molecule has 2 heterocycles. The van der Waals surface area contributed by atoms with Crippen molar-refractivity contribution >= 4 is 17.6 Å². The summed E-state index contributed by atoms with van der Waals surface area (Å²) >= 11 is 0. The average molecular weight is 527 g/mol. The number of rotatable bonds is 6. The third-order valence-corrected chi connectivity index (χ3v) is 5.82. The van der Waals surface area contributed by atoms with Gasteiger partial charge in [0.2, 0.25) is 0 Å². The Morgan fingerprint density at radius 2 is 1.74 bits per heavy atom. The minimum atomic E-state index is -4.90. The van der Waals surface area contributed by atoms with Crippen LogP contribution in [0.5, 0.6) is 0 Å². The average Bonchev–Trinajstić information content (AvgIpc) is 3.29. The SMILES string of the molecule is Cn1ccc(-c2cc(C(=O)Nc3cnc(C(C)(C)C(=O)O)nc3-c3ccccc3)c(F)cc2C(F)(F)F)n1. The summed E-state index contributed by atoms with van der Waals surface area (Å²) in [6, 6.07) is 10.8. The molecule has 0 saturated carbocycles. The Bertz CT molecular complexity index is 1530. The second-order valence-electron chi connectivity index (χ2n) is 8.96. The molecule has 2 aromatic carbocycles. The molecule has 0 spiro atoms. The van der Waals surface area contributed by atoms with Crippen molar-refractivity contribution in [2.45, 2.75) is 25.4 Å². The van der Waals surface area contributed by atoms with Gasteiger partial charge in [0, 0.05) is 24.4 Å². The van der Waals surface area contributed by atoms with Gasteiger partial charge in [-0.3, -0.25) is 14.3 Å². The van der Waals surface area contributed by atoms with Crippen LogP contribution in [0.15, 0.2) is 60.9 Å². The van der Waals surface area contributed by atoms with Crippen molar-refractivity contribution in [2.24, 2.45) is 7.05 Å². The fourth-order valence-corrected chi connectivity index (χ4v) is 3.63. The van der Waals surface area contributed by atoms with Gasteiger partial charge < -0.3 is 10.4 Å². The molecule has 0 aliphatic carbocycles. The highest BCUT2D eigenvalue weighted by molar-refractivity contribution is 6.06. The smallest absolute Gasteiger partial charge is 0.417 e. The van der Waals surface area contributed by atoms with E-state index < -0.39 is 46.0 Å². The van der Waals surface area contributed by atoms with E-state index in [2.05, 4.69) is 20.4 Å². The van der Waals surface area contributed by atoms with Gasteiger partial charge in [-0.2, -0.15) is 18.3 Å². The molecule has 2 aromatic heterocycles. The molecule has 1 amide bonds. The lowest BCUT2D eigenvalue weighted by molar-refractivity contribution is -0.142. The molecular weight excluding hydrogens is 506 g/mol. The lowest BCUT2D eigenvalue weighted by Crippen LogP contribution is -2.31. The number of alkyl halides is 3. The lowest BCUT2D eigenvalue weighted by atomic mass is 9.92. The van der Waals surface area contributed by atoms with Crippen molar-refractivity contribution in [3.8, 4) is 22.5 Å². The van der Waals surface area contributed by atoms with Gasteiger partial charge in [0.15, 0.2) is 0 Å². The summed E-state index contributed by atoms with van der Waals surface area (Å²) in [7, 11) is 1.51. The van der Waals surface area contributed by atoms with E-state index in [9.17, 15) is 32.3 Å². The molecule has 0 radical (unpaired) electrons. The highest BCUT2D eigenvalue weighted by atomic mass is 19.4. The minimum absolute atomic E-state index is 0.00447. The van der Waals surface area contributed by atoms with Gasteiger partial charge in [0.25, 0.3) is 5.91 Å². The summed E-state index contributed by atoms with van der Waals surface area (Å²) in [6.07, 6.45) is -2.30. The molecule has 0 saturated heterocycles. The topological polar surface area (TPSA) is 110 Å². The number of nitrogens with one attached hydrogen (secondary N) is 1. The van der Waals surface area contributed by atoms with Crippen molar-refractivity contribution in [1.29, 1.82) is 0 Å². The third-order valence-electron chi connectivity index (χ3n) is 5.82. The number of amides is 1. The third kappa shape index (κ3) is 5.10. The van der Waals surface area contributed by atoms with Crippen LogP contribution in [0, 0.1) is 5.82 Å². The van der Waals surface area contributed by atoms with Crippen LogP contribution in [0.4, 0.5) is 23.2 Å². The summed E-state index contributed by atoms with van der Waals surface area (Å²) in [5.41, 5.74) is -3.32. The molecule has 4 aromatic rings. The number of aromatic nitrogens is 4. The van der Waals surface area contributed by atoms with Gasteiger partial charge in [-0.05, 0) is 32.0 Å². The molecular formula is C26H21F4N5O3. The first-order valence-corrected chi connectivity index (χ1v) is 11.2. The fraction of sp³-hybridized carbons (Fsp3) is 0.192. The van der Waals surface area contributed by atoms with Crippen LogP contribution in [-0.2, 0) is 23.4 Å². The van der Waals surface area contributed by atoms with Crippen molar-refractivity contribution in [1.82, 2.24) is 19.7 Å². The maximum Gasteiger partial charge on any atom is 0.417 e. The maximum atomic E-state index is 14.9. The summed E-state index contributed by atoms with van der Waals surface area (Å²) in [4.78, 5) is 33.3. The zero-order valence-corrected chi connectivity index (χ0v) is 20.3. The maximum absolute atomic E-state index is 14.9. The predicted octanol–water partition coefficient (Wildman–Crippen LogP) is 5.32. The molecule has 38 heavy (non-hydrogen) atoms. The first-order chi connectivity index (χ1) is 17.8. The Balaban J connectivity index is 1.81. The van der Waals surface area contributed by atoms with Crippen LogP contribution >= 0.6 is 0 Å². The molecule has 0 aliphatic rings. The Morgan fingerprint density at radius 3 is 2.32 bits per heavy atom. The van der Waals surface area contributed by atoms with Crippen molar-refractivity contribution in [2.75, 3.05) is 5.32 Å². The molecule has 0 unspecified atom stereocenters. The van der Waals surface area contributed by atoms with Crippen molar-refractivity contribution in [3.63, 3.8) is 0 Å². The van der Waals surface area contributed by atoms with Crippen LogP contribution in [0.25, 0.3) is 22.5 Å². The first-order valence-electron chi connectivity index (χ1n) is 11.2. The van der Waals surface area contributed by atoms with E-state index in [1.807, 2.05) is 0 Å². The summed E-state index contributed by atoms with van der Waals surface area (Å²) in [5.74, 6) is -3.66. The van der Waals surface area contributed by atoms with Gasteiger partial charge in [-0.25, -0.2) is 14.4 Å². The summed E-state index contributed by atoms with van der Waals surface area (Å²) in [6.45, 7) is 2.82. The molecule has 4 rings (SSSR count). The Kier molecular flexibility index (Phi) is 6.75. The number of hydrogen-bond donors (Lipinski definition) is 2. The van der Waals surface area contributed by atoms with Gasteiger partial charge >= 0.3 is 12.1 Å². The predicted molar refractivity (Wildman–Crippen MR) is 130 cm³/mol. The summed E-state index contributed by atoms with van der Waals surface area (Å²) < 4.78 is 57.2. The van der Waals surface area contributed by atoms with E-state index in [4.69, 9.17) is 0 Å². The zero-order valence-electron chi connectivity index (χ0n) is 20.3. The van der Waals surface area contributed by atoms with Crippen molar-refractivity contribution in [3.05, 3.63) is 83.7 Å². The van der Waals surface area contributed by atoms with Gasteiger partial charge in [-0.1, -0.05) is 30.3 Å². The van der Waals surface area contributed by atoms with Gasteiger partial charge in [0.1, 0.15) is 17.1 Å². The van der Waals surface area contributed by atoms with E-state index >= 15 is 0 Å². The fourth-order valence-electron chi connectivity index (χ4n) is 3.63. The summed E-state index contributed by atoms with van der Waals surface area (Å²) in [5, 5.41) is 16.0. The normalized spacial score (nSPS) is 11.9. The van der Waals surface area contributed by atoms with E-state index in [-0.39, 0.29) is 29.0 Å². The number of aryl methyl sites for hydroxylation is 1. The molecule has 196 valence electrons. The van der Waals surface area contributed by atoms with Crippen molar-refractivity contribution < 1.29 is 32.3 Å². The molecule has 0 aliphatic heterocycles. The second-order valence-corrected chi connectivity index (χ2v) is 8.96. The van der Waals surface area contributed by atoms with E-state index in [0.717, 1.165) is 6.07 Å². The standard InChI is InChI=1S/C26H21F4N5O3/c1-25(2,24(37)38)23-31-13-20(21(33-23)14-7-5-4-6-8-14)32-22(36)16-11-15(19-9-10-35(3)34-19)17(12-18(16)27)26(28,29)30/h4-13H,1-3H3,(H,32,36)(H,37,38). The molecule has 12 heteroatoms. The largest absolute Gasteiger partial charge is 0.481 e. The molecule has 0 fully saturated rings. The van der Waals surface area contributed by atoms with Crippen LogP contribution < -0.4 is 5.32 Å². The lowest BCUT2D eigenvalue weighted by Gasteiger charge is -2.20. The number of carbonyl (C=O) groups excluding carboxylic acids is 1. The number of carboxylic acids is 1. The number of carbonyl (C=O) groups is 2. The molecule has 8 nitrogen and oxygen atoms in total. The van der Waals surface area contributed by atoms with Crippen LogP contribution in [-0.4, -0.2) is 36.7 Å². The zero-order chi connectivity index (χ0) is 27.8. The number of hydrogen-bond acceptors (Lipinski definition) is 5. The van der Waals surface area contributed by atoms with Crippen LogP contribution in [0.1, 0.15) is 35.6 Å². The second kappa shape index (κ2) is 9.69. The van der Waals surface area contributed by atoms with E-state index in [1.165, 1.54) is 44.0 Å². The quantitative estimate of drug-likeness (QED) is 0.329. The minimum Gasteiger partial charge on any atom is -0.481 e. The number of aliphatic carboxylic acids is 1. The number of carboxylic acid groups (broad SMARTS) is 1. The number of anilines is 1. The Hall–Kier alpha value is -4.61. The van der Waals surface area contributed by atoms with Gasteiger partial charge in [-0.15, -0.1) is 0 Å². The number of benzene rings is 2. The van der Waals surface area contributed by atoms with Crippen LogP contribution in [0.3, 0.4) is 0 Å². The highest BCUT2D eigenvalue weighted by Crippen LogP contribution is 2.38. The van der Waals surface area contributed by atoms with E-state index in [0.29, 0.717) is 5.56 Å². The number of nitrogens with zero attached hydrogens (tertiary/aromatic N) is 4. The van der Waals surface area contributed by atoms with Gasteiger partial charge in [0.05, 0.1) is 34.4 Å². The Morgan fingerprint density at radius 1 is 1.05 bits per heavy atom. The van der Waals surface area contributed by atoms with Crippen LogP contribution in [0.2, 0.25) is 0 Å². The first kappa shape index (κ1) is 26.5.